The Kier molecular flexibility index (Phi) is 6.42. The molecule has 0 aliphatic rings. The second kappa shape index (κ2) is 6.93. The van der Waals surface area contributed by atoms with Gasteiger partial charge >= 0.3 is 0 Å². The van der Waals surface area contributed by atoms with E-state index in [1.807, 2.05) is 20.8 Å². The first-order valence-corrected chi connectivity index (χ1v) is 6.89. The van der Waals surface area contributed by atoms with Crippen LogP contribution in [-0.4, -0.2) is 36.6 Å². The van der Waals surface area contributed by atoms with Gasteiger partial charge < -0.3 is 21.1 Å². The van der Waals surface area contributed by atoms with E-state index in [1.54, 1.807) is 20.8 Å². The minimum absolute atomic E-state index is 0.170. The summed E-state index contributed by atoms with van der Waals surface area (Å²) in [6, 6.07) is -0.788. The first-order valence-electron chi connectivity index (χ1n) is 6.89. The minimum atomic E-state index is -0.937. The Bertz CT molecular complexity index is 405. The molecular formula is C15H29N3O3. The molecule has 6 heteroatoms. The number of carbonyl (C=O) groups is 2. The number of ether oxygens (including phenoxy) is 1. The normalized spacial score (nSPS) is 15.0. The van der Waals surface area contributed by atoms with E-state index in [9.17, 15) is 9.59 Å². The fourth-order valence-corrected chi connectivity index (χ4v) is 1.56. The van der Waals surface area contributed by atoms with Crippen LogP contribution in [-0.2, 0) is 14.3 Å². The summed E-state index contributed by atoms with van der Waals surface area (Å²) in [5.74, 6) is -0.583. The van der Waals surface area contributed by atoms with Gasteiger partial charge in [0.15, 0.2) is 6.10 Å². The highest BCUT2D eigenvalue weighted by Gasteiger charge is 2.34. The highest BCUT2D eigenvalue weighted by atomic mass is 16.5. The second-order valence-corrected chi connectivity index (χ2v) is 7.17. The van der Waals surface area contributed by atoms with Crippen LogP contribution < -0.4 is 16.4 Å². The van der Waals surface area contributed by atoms with Crippen molar-refractivity contribution in [1.82, 2.24) is 10.6 Å². The third-order valence-corrected chi connectivity index (χ3v) is 2.68. The zero-order valence-corrected chi connectivity index (χ0v) is 14.2. The lowest BCUT2D eigenvalue weighted by Crippen LogP contribution is -2.57. The first-order chi connectivity index (χ1) is 9.29. The van der Waals surface area contributed by atoms with E-state index in [1.165, 1.54) is 7.11 Å². The summed E-state index contributed by atoms with van der Waals surface area (Å²) in [7, 11) is 1.39. The van der Waals surface area contributed by atoms with Gasteiger partial charge in [0.25, 0.3) is 5.91 Å². The summed E-state index contributed by atoms with van der Waals surface area (Å²) in [5.41, 5.74) is 4.89. The van der Waals surface area contributed by atoms with Crippen LogP contribution in [0.25, 0.3) is 0 Å². The molecule has 0 fully saturated rings. The van der Waals surface area contributed by atoms with Crippen molar-refractivity contribution < 1.29 is 14.3 Å². The van der Waals surface area contributed by atoms with Crippen molar-refractivity contribution in [2.45, 2.75) is 59.2 Å². The average molecular weight is 299 g/mol. The van der Waals surface area contributed by atoms with E-state index in [-0.39, 0.29) is 17.5 Å². The van der Waals surface area contributed by atoms with Crippen LogP contribution in [0.15, 0.2) is 12.3 Å². The minimum Gasteiger partial charge on any atom is -0.401 e. The van der Waals surface area contributed by atoms with Gasteiger partial charge in [-0.15, -0.1) is 0 Å². The molecule has 0 aromatic heterocycles. The van der Waals surface area contributed by atoms with Crippen molar-refractivity contribution in [2.24, 2.45) is 11.1 Å². The monoisotopic (exact) mass is 299 g/mol. The molecule has 0 saturated carbocycles. The van der Waals surface area contributed by atoms with E-state index in [2.05, 4.69) is 17.2 Å². The average Bonchev–Trinajstić information content (AvgIpc) is 2.24. The van der Waals surface area contributed by atoms with Gasteiger partial charge in [-0.3, -0.25) is 9.59 Å². The van der Waals surface area contributed by atoms with Crippen molar-refractivity contribution >= 4 is 11.8 Å². The van der Waals surface area contributed by atoms with Crippen molar-refractivity contribution in [1.29, 1.82) is 0 Å². The summed E-state index contributed by atoms with van der Waals surface area (Å²) in [6.07, 6.45) is -0.937. The number of nitrogens with one attached hydrogen (secondary N) is 2. The van der Waals surface area contributed by atoms with Gasteiger partial charge in [0.05, 0.1) is 0 Å². The number of nitrogens with two attached hydrogens (primary N) is 1. The second-order valence-electron chi connectivity index (χ2n) is 7.17. The zero-order chi connectivity index (χ0) is 17.0. The summed E-state index contributed by atoms with van der Waals surface area (Å²) < 4.78 is 5.23. The van der Waals surface area contributed by atoms with E-state index < -0.39 is 23.1 Å². The molecule has 21 heavy (non-hydrogen) atoms. The quantitative estimate of drug-likeness (QED) is 0.703. The lowest BCUT2D eigenvalue weighted by molar-refractivity contribution is -0.136. The number of hydrogen-bond acceptors (Lipinski definition) is 4. The summed E-state index contributed by atoms with van der Waals surface area (Å²) in [4.78, 5) is 24.4. The molecule has 0 radical (unpaired) electrons. The maximum absolute atomic E-state index is 12.3. The third kappa shape index (κ3) is 6.62. The zero-order valence-electron chi connectivity index (χ0n) is 14.2. The Morgan fingerprint density at radius 1 is 1.14 bits per heavy atom. The Morgan fingerprint density at radius 3 is 1.90 bits per heavy atom. The fraction of sp³-hybridized carbons (Fsp3) is 0.733. The molecule has 0 aliphatic carbocycles. The molecule has 0 rings (SSSR count). The lowest BCUT2D eigenvalue weighted by atomic mass is 9.94. The summed E-state index contributed by atoms with van der Waals surface area (Å²) in [5, 5.41) is 5.53. The predicted molar refractivity (Wildman–Crippen MR) is 83.4 cm³/mol. The molecule has 0 heterocycles. The molecule has 122 valence electrons. The Balaban J connectivity index is 5.19. The molecule has 0 bridgehead atoms. The molecule has 0 spiro atoms. The van der Waals surface area contributed by atoms with E-state index in [4.69, 9.17) is 10.5 Å². The van der Waals surface area contributed by atoms with Gasteiger partial charge in [0.1, 0.15) is 6.04 Å². The largest absolute Gasteiger partial charge is 0.401 e. The van der Waals surface area contributed by atoms with Gasteiger partial charge in [-0.05, 0) is 20.8 Å². The highest BCUT2D eigenvalue weighted by molar-refractivity contribution is 5.86. The SMILES string of the molecule is C=C(N)C(NC(=O)C(C)(C)C)C(OC)C(=O)NC(C)(C)C. The van der Waals surface area contributed by atoms with Gasteiger partial charge in [0, 0.05) is 23.8 Å². The van der Waals surface area contributed by atoms with Crippen LogP contribution in [0.3, 0.4) is 0 Å². The van der Waals surface area contributed by atoms with E-state index >= 15 is 0 Å². The molecule has 2 unspecified atom stereocenters. The van der Waals surface area contributed by atoms with E-state index in [0.29, 0.717) is 0 Å². The smallest absolute Gasteiger partial charge is 0.252 e. The van der Waals surface area contributed by atoms with Crippen molar-refractivity contribution in [2.75, 3.05) is 7.11 Å². The molecule has 0 saturated heterocycles. The maximum Gasteiger partial charge on any atom is 0.252 e. The molecule has 0 aliphatic heterocycles. The number of amides is 2. The molecular weight excluding hydrogens is 270 g/mol. The first kappa shape index (κ1) is 19.4. The van der Waals surface area contributed by atoms with Crippen molar-refractivity contribution in [3.05, 3.63) is 12.3 Å². The van der Waals surface area contributed by atoms with Gasteiger partial charge in [0.2, 0.25) is 5.91 Å². The van der Waals surface area contributed by atoms with Crippen LogP contribution in [0.5, 0.6) is 0 Å². The number of carbonyl (C=O) groups excluding carboxylic acids is 2. The van der Waals surface area contributed by atoms with E-state index in [0.717, 1.165) is 0 Å². The Morgan fingerprint density at radius 2 is 1.62 bits per heavy atom. The van der Waals surface area contributed by atoms with Gasteiger partial charge in [-0.2, -0.15) is 0 Å². The Labute approximate surface area is 127 Å². The molecule has 2 atom stereocenters. The lowest BCUT2D eigenvalue weighted by Gasteiger charge is -2.31. The number of methoxy groups -OCH3 is 1. The van der Waals surface area contributed by atoms with Crippen molar-refractivity contribution in [3.63, 3.8) is 0 Å². The Hall–Kier alpha value is -1.56. The van der Waals surface area contributed by atoms with Crippen LogP contribution >= 0.6 is 0 Å². The van der Waals surface area contributed by atoms with Gasteiger partial charge in [-0.25, -0.2) is 0 Å². The third-order valence-electron chi connectivity index (χ3n) is 2.68. The highest BCUT2D eigenvalue weighted by Crippen LogP contribution is 2.15. The maximum atomic E-state index is 12.3. The summed E-state index contributed by atoms with van der Waals surface area (Å²) >= 11 is 0. The fourth-order valence-electron chi connectivity index (χ4n) is 1.56. The molecule has 6 nitrogen and oxygen atoms in total. The molecule has 2 amide bonds. The molecule has 0 aromatic rings. The molecule has 4 N–H and O–H groups in total. The topological polar surface area (TPSA) is 93.4 Å². The number of hydrogen-bond donors (Lipinski definition) is 3. The van der Waals surface area contributed by atoms with Crippen LogP contribution in [0.2, 0.25) is 0 Å². The van der Waals surface area contributed by atoms with Crippen molar-refractivity contribution in [3.8, 4) is 0 Å². The van der Waals surface area contributed by atoms with Gasteiger partial charge in [-0.1, -0.05) is 27.4 Å². The summed E-state index contributed by atoms with van der Waals surface area (Å²) in [6.45, 7) is 14.5. The van der Waals surface area contributed by atoms with Crippen LogP contribution in [0.4, 0.5) is 0 Å². The number of rotatable bonds is 5. The standard InChI is InChI=1S/C15H29N3O3/c1-9(16)10(17-13(20)14(2,3)4)11(21-8)12(19)18-15(5,6)7/h10-11H,1,16H2,2-8H3,(H,17,20)(H,18,19). The van der Waals surface area contributed by atoms with Crippen LogP contribution in [0.1, 0.15) is 41.5 Å². The predicted octanol–water partition coefficient (Wildman–Crippen LogP) is 0.919. The molecule has 0 aromatic carbocycles. The van der Waals surface area contributed by atoms with Crippen LogP contribution in [0, 0.1) is 5.41 Å².